The Morgan fingerprint density at radius 3 is 2.52 bits per heavy atom. The Hall–Kier alpha value is -3.41. The van der Waals surface area contributed by atoms with Crippen molar-refractivity contribution in [3.05, 3.63) is 76.1 Å². The fourth-order valence-electron chi connectivity index (χ4n) is 4.41. The normalized spacial score (nSPS) is 15.2. The second kappa shape index (κ2) is 8.38. The molecule has 0 spiro atoms. The van der Waals surface area contributed by atoms with Crippen LogP contribution in [0.1, 0.15) is 36.8 Å². The van der Waals surface area contributed by atoms with Crippen molar-refractivity contribution >= 4 is 28.7 Å². The standard InChI is InChI=1S/C25H27N5O/c1-19-13-14-22-21(18-19)23(31)29(17-9-12-20-10-5-4-6-11-20)25-27-26-24(30(22)25)28-15-7-2-3-8-16-28/h4-6,9-14,18H,2-3,7-8,15-17H2,1H3. The molecule has 0 aliphatic carbocycles. The van der Waals surface area contributed by atoms with Crippen molar-refractivity contribution in [3.63, 3.8) is 0 Å². The molecule has 6 nitrogen and oxygen atoms in total. The second-order valence-corrected chi connectivity index (χ2v) is 8.29. The third-order valence-electron chi connectivity index (χ3n) is 6.03. The van der Waals surface area contributed by atoms with E-state index >= 15 is 0 Å². The molecule has 5 rings (SSSR count). The van der Waals surface area contributed by atoms with E-state index in [1.807, 2.05) is 67.6 Å². The van der Waals surface area contributed by atoms with E-state index in [0.29, 0.717) is 17.7 Å². The van der Waals surface area contributed by atoms with Crippen molar-refractivity contribution in [1.29, 1.82) is 0 Å². The largest absolute Gasteiger partial charge is 0.341 e. The van der Waals surface area contributed by atoms with E-state index in [1.165, 1.54) is 12.8 Å². The first-order chi connectivity index (χ1) is 15.2. The third kappa shape index (κ3) is 3.74. The molecular weight excluding hydrogens is 386 g/mol. The lowest BCUT2D eigenvalue weighted by Crippen LogP contribution is -2.28. The van der Waals surface area contributed by atoms with Crippen LogP contribution in [0.5, 0.6) is 0 Å². The highest BCUT2D eigenvalue weighted by atomic mass is 16.1. The molecule has 2 aromatic heterocycles. The molecule has 0 saturated carbocycles. The fraction of sp³-hybridized carbons (Fsp3) is 0.320. The molecule has 0 bridgehead atoms. The molecule has 158 valence electrons. The molecule has 31 heavy (non-hydrogen) atoms. The third-order valence-corrected chi connectivity index (χ3v) is 6.03. The number of hydrogen-bond donors (Lipinski definition) is 0. The van der Waals surface area contributed by atoms with Gasteiger partial charge in [0.1, 0.15) is 0 Å². The van der Waals surface area contributed by atoms with Gasteiger partial charge in [-0.05, 0) is 37.5 Å². The Morgan fingerprint density at radius 2 is 1.74 bits per heavy atom. The van der Waals surface area contributed by atoms with Crippen LogP contribution in [0.4, 0.5) is 5.95 Å². The van der Waals surface area contributed by atoms with Gasteiger partial charge in [-0.2, -0.15) is 0 Å². The summed E-state index contributed by atoms with van der Waals surface area (Å²) < 4.78 is 3.80. The highest BCUT2D eigenvalue weighted by molar-refractivity contribution is 5.82. The summed E-state index contributed by atoms with van der Waals surface area (Å²) in [5.41, 5.74) is 3.02. The Bertz CT molecular complexity index is 1290. The maximum Gasteiger partial charge on any atom is 0.263 e. The zero-order valence-corrected chi connectivity index (χ0v) is 17.9. The van der Waals surface area contributed by atoms with Gasteiger partial charge >= 0.3 is 0 Å². The van der Waals surface area contributed by atoms with Crippen LogP contribution in [0.3, 0.4) is 0 Å². The Kier molecular flexibility index (Phi) is 5.28. The summed E-state index contributed by atoms with van der Waals surface area (Å²) in [5, 5.41) is 9.75. The highest BCUT2D eigenvalue weighted by Crippen LogP contribution is 2.23. The fourth-order valence-corrected chi connectivity index (χ4v) is 4.41. The molecule has 1 aliphatic rings. The number of rotatable bonds is 4. The van der Waals surface area contributed by atoms with Gasteiger partial charge in [0.25, 0.3) is 5.56 Å². The highest BCUT2D eigenvalue weighted by Gasteiger charge is 2.21. The summed E-state index contributed by atoms with van der Waals surface area (Å²) in [6.07, 6.45) is 8.87. The molecule has 3 heterocycles. The first-order valence-corrected chi connectivity index (χ1v) is 11.1. The summed E-state index contributed by atoms with van der Waals surface area (Å²) in [7, 11) is 0. The van der Waals surface area contributed by atoms with Gasteiger partial charge < -0.3 is 4.90 Å². The first kappa shape index (κ1) is 19.5. The molecule has 2 aromatic carbocycles. The second-order valence-electron chi connectivity index (χ2n) is 8.29. The van der Waals surface area contributed by atoms with Gasteiger partial charge in [-0.3, -0.25) is 9.36 Å². The smallest absolute Gasteiger partial charge is 0.263 e. The summed E-state index contributed by atoms with van der Waals surface area (Å²) in [6, 6.07) is 16.2. The van der Waals surface area contributed by atoms with Gasteiger partial charge in [-0.1, -0.05) is 67.0 Å². The molecule has 6 heteroatoms. The number of hydrogen-bond acceptors (Lipinski definition) is 4. The van der Waals surface area contributed by atoms with Crippen molar-refractivity contribution in [2.75, 3.05) is 18.0 Å². The zero-order chi connectivity index (χ0) is 21.2. The van der Waals surface area contributed by atoms with E-state index in [1.54, 1.807) is 4.57 Å². The maximum atomic E-state index is 13.4. The van der Waals surface area contributed by atoms with Gasteiger partial charge in [0.05, 0.1) is 10.9 Å². The number of fused-ring (bicyclic) bond motifs is 3. The number of aromatic nitrogens is 4. The van der Waals surface area contributed by atoms with E-state index in [4.69, 9.17) is 0 Å². The molecule has 0 radical (unpaired) electrons. The molecule has 0 N–H and O–H groups in total. The van der Waals surface area contributed by atoms with Gasteiger partial charge in [-0.25, -0.2) is 4.40 Å². The lowest BCUT2D eigenvalue weighted by molar-refractivity contribution is 0.726. The van der Waals surface area contributed by atoms with Gasteiger partial charge in [0.15, 0.2) is 0 Å². The minimum Gasteiger partial charge on any atom is -0.341 e. The number of nitrogens with zero attached hydrogens (tertiary/aromatic N) is 5. The molecule has 0 atom stereocenters. The molecule has 4 aromatic rings. The van der Waals surface area contributed by atoms with E-state index < -0.39 is 0 Å². The average Bonchev–Trinajstić information content (AvgIpc) is 3.04. The van der Waals surface area contributed by atoms with Gasteiger partial charge in [0.2, 0.25) is 11.7 Å². The summed E-state index contributed by atoms with van der Waals surface area (Å²) in [5.74, 6) is 1.44. The Labute approximate surface area is 181 Å². The van der Waals surface area contributed by atoms with E-state index in [-0.39, 0.29) is 5.56 Å². The molecule has 0 amide bonds. The van der Waals surface area contributed by atoms with Crippen LogP contribution in [-0.2, 0) is 6.54 Å². The maximum absolute atomic E-state index is 13.4. The summed E-state index contributed by atoms with van der Waals surface area (Å²) >= 11 is 0. The first-order valence-electron chi connectivity index (χ1n) is 11.1. The SMILES string of the molecule is Cc1ccc2c(c1)c(=O)n(CC=Cc1ccccc1)c1nnc(N3CCCCCC3)n21. The molecule has 1 aliphatic heterocycles. The molecule has 1 saturated heterocycles. The predicted octanol–water partition coefficient (Wildman–Crippen LogP) is 4.45. The molecule has 0 unspecified atom stereocenters. The van der Waals surface area contributed by atoms with Crippen LogP contribution in [0.25, 0.3) is 22.8 Å². The van der Waals surface area contributed by atoms with Crippen LogP contribution < -0.4 is 10.5 Å². The molecular formula is C25H27N5O. The number of anilines is 1. The van der Waals surface area contributed by atoms with E-state index in [2.05, 4.69) is 19.5 Å². The van der Waals surface area contributed by atoms with Crippen LogP contribution >= 0.6 is 0 Å². The van der Waals surface area contributed by atoms with Gasteiger partial charge in [0, 0.05) is 19.6 Å². The number of allylic oxidation sites excluding steroid dienone is 1. The minimum absolute atomic E-state index is 0.0290. The number of aryl methyl sites for hydroxylation is 1. The van der Waals surface area contributed by atoms with Crippen LogP contribution in [-0.4, -0.2) is 32.3 Å². The topological polar surface area (TPSA) is 55.4 Å². The monoisotopic (exact) mass is 413 g/mol. The number of benzene rings is 2. The minimum atomic E-state index is -0.0290. The predicted molar refractivity (Wildman–Crippen MR) is 126 cm³/mol. The Balaban J connectivity index is 1.66. The summed E-state index contributed by atoms with van der Waals surface area (Å²) in [6.45, 7) is 4.41. The van der Waals surface area contributed by atoms with Crippen molar-refractivity contribution < 1.29 is 0 Å². The van der Waals surface area contributed by atoms with E-state index in [0.717, 1.165) is 48.5 Å². The van der Waals surface area contributed by atoms with E-state index in [9.17, 15) is 4.79 Å². The lowest BCUT2D eigenvalue weighted by atomic mass is 10.1. The van der Waals surface area contributed by atoms with Crippen LogP contribution in [0.2, 0.25) is 0 Å². The van der Waals surface area contributed by atoms with Crippen molar-refractivity contribution in [2.45, 2.75) is 39.2 Å². The lowest BCUT2D eigenvalue weighted by Gasteiger charge is -2.20. The average molecular weight is 414 g/mol. The van der Waals surface area contributed by atoms with Crippen molar-refractivity contribution in [1.82, 2.24) is 19.2 Å². The summed E-state index contributed by atoms with van der Waals surface area (Å²) in [4.78, 5) is 15.7. The van der Waals surface area contributed by atoms with Gasteiger partial charge in [-0.15, -0.1) is 10.2 Å². The van der Waals surface area contributed by atoms with Crippen molar-refractivity contribution in [2.24, 2.45) is 0 Å². The quantitative estimate of drug-likeness (QED) is 0.496. The van der Waals surface area contributed by atoms with Crippen LogP contribution in [0, 0.1) is 6.92 Å². The van der Waals surface area contributed by atoms with Crippen LogP contribution in [0.15, 0.2) is 59.4 Å². The van der Waals surface area contributed by atoms with Crippen molar-refractivity contribution in [3.8, 4) is 0 Å². The Morgan fingerprint density at radius 1 is 0.968 bits per heavy atom. The zero-order valence-electron chi connectivity index (χ0n) is 17.9. The molecule has 1 fully saturated rings.